The van der Waals surface area contributed by atoms with Crippen molar-refractivity contribution in [3.8, 4) is 0 Å². The van der Waals surface area contributed by atoms with Gasteiger partial charge in [-0.25, -0.2) is 4.98 Å². The lowest BCUT2D eigenvalue weighted by Gasteiger charge is -2.46. The van der Waals surface area contributed by atoms with Gasteiger partial charge in [-0.05, 0) is 118 Å². The van der Waals surface area contributed by atoms with Crippen molar-refractivity contribution in [3.63, 3.8) is 0 Å². The van der Waals surface area contributed by atoms with Crippen LogP contribution in [0.15, 0.2) is 207 Å². The largest absolute Gasteiger partial charge is 0.311 e. The van der Waals surface area contributed by atoms with Gasteiger partial charge >= 0.3 is 0 Å². The summed E-state index contributed by atoms with van der Waals surface area (Å²) in [5.41, 5.74) is 20.0. The first kappa shape index (κ1) is 33.2. The molecule has 0 aliphatic carbocycles. The fourth-order valence-corrected chi connectivity index (χ4v) is 10.4. The van der Waals surface area contributed by atoms with Gasteiger partial charge < -0.3 is 14.7 Å². The van der Waals surface area contributed by atoms with Crippen LogP contribution in [0.5, 0.6) is 0 Å². The maximum absolute atomic E-state index is 5.22. The van der Waals surface area contributed by atoms with E-state index < -0.39 is 0 Å². The minimum Gasteiger partial charge on any atom is -0.311 e. The van der Waals surface area contributed by atoms with E-state index in [9.17, 15) is 0 Å². The van der Waals surface area contributed by atoms with Crippen molar-refractivity contribution in [1.29, 1.82) is 0 Å². The number of hydrogen-bond donors (Lipinski definition) is 0. The standard InChI is InChI=1S/C52H34B2N6/c1-5-16-35(17-6-1)57-43-25-14-13-24-39(43)53-40-32-41-49(33-48(40)58(36-18-7-2-8-19-36)46-27-15-26-45(57)50(46)53)59(37-20-9-3-10-21-37)47-29-31-56-52-51(47)54(41)42-34-55-30-28-44(42)60(52)38-22-11-4-12-23-38/h1-34H. The molecule has 0 saturated carbocycles. The highest BCUT2D eigenvalue weighted by Crippen LogP contribution is 2.47. The smallest absolute Gasteiger partial charge is 0.256 e. The molecule has 4 aliphatic heterocycles. The summed E-state index contributed by atoms with van der Waals surface area (Å²) < 4.78 is 0. The lowest BCUT2D eigenvalue weighted by molar-refractivity contribution is 1.16. The number of hydrogen-bond acceptors (Lipinski definition) is 6. The zero-order valence-electron chi connectivity index (χ0n) is 32.5. The van der Waals surface area contributed by atoms with Crippen LogP contribution >= 0.6 is 0 Å². The number of para-hydroxylation sites is 5. The van der Waals surface area contributed by atoms with Crippen LogP contribution in [-0.4, -0.2) is 23.4 Å². The first-order valence-corrected chi connectivity index (χ1v) is 20.6. The van der Waals surface area contributed by atoms with Crippen molar-refractivity contribution in [2.24, 2.45) is 0 Å². The molecule has 8 heteroatoms. The van der Waals surface area contributed by atoms with E-state index in [0.717, 1.165) is 51.1 Å². The van der Waals surface area contributed by atoms with Crippen LogP contribution in [0.25, 0.3) is 0 Å². The lowest BCUT2D eigenvalue weighted by Crippen LogP contribution is -2.65. The molecule has 4 aliphatic rings. The second-order valence-corrected chi connectivity index (χ2v) is 15.8. The third kappa shape index (κ3) is 4.61. The van der Waals surface area contributed by atoms with Gasteiger partial charge in [0.1, 0.15) is 5.82 Å². The maximum Gasteiger partial charge on any atom is 0.256 e. The van der Waals surface area contributed by atoms with Crippen molar-refractivity contribution in [1.82, 2.24) is 9.97 Å². The predicted octanol–water partition coefficient (Wildman–Crippen LogP) is 8.64. The second kappa shape index (κ2) is 12.8. The Morgan fingerprint density at radius 3 is 1.37 bits per heavy atom. The minimum atomic E-state index is -0.117. The maximum atomic E-state index is 5.22. The van der Waals surface area contributed by atoms with Gasteiger partial charge in [-0.2, -0.15) is 0 Å². The Bertz CT molecular complexity index is 2940. The van der Waals surface area contributed by atoms with E-state index in [4.69, 9.17) is 9.97 Å². The summed E-state index contributed by atoms with van der Waals surface area (Å²) in [6, 6.07) is 68.2. The average molecular weight is 765 g/mol. The highest BCUT2D eigenvalue weighted by Gasteiger charge is 2.48. The van der Waals surface area contributed by atoms with Crippen LogP contribution < -0.4 is 52.4 Å². The van der Waals surface area contributed by atoms with Gasteiger partial charge in [0, 0.05) is 81.2 Å². The number of pyridine rings is 2. The third-order valence-corrected chi connectivity index (χ3v) is 12.7. The van der Waals surface area contributed by atoms with Gasteiger partial charge in [0.15, 0.2) is 0 Å². The highest BCUT2D eigenvalue weighted by molar-refractivity contribution is 7.03. The molecule has 2 aromatic heterocycles. The summed E-state index contributed by atoms with van der Waals surface area (Å²) in [5, 5.41) is 0. The van der Waals surface area contributed by atoms with Gasteiger partial charge in [-0.3, -0.25) is 9.88 Å². The Balaban J connectivity index is 1.14. The molecule has 13 rings (SSSR count). The third-order valence-electron chi connectivity index (χ3n) is 12.7. The molecule has 0 N–H and O–H groups in total. The molecule has 278 valence electrons. The fourth-order valence-electron chi connectivity index (χ4n) is 10.4. The fraction of sp³-hybridized carbons (Fsp3) is 0. The van der Waals surface area contributed by atoms with E-state index in [1.807, 2.05) is 12.4 Å². The van der Waals surface area contributed by atoms with Crippen molar-refractivity contribution in [2.75, 3.05) is 19.6 Å². The van der Waals surface area contributed by atoms with Crippen LogP contribution in [0.1, 0.15) is 0 Å². The molecule has 7 aromatic carbocycles. The van der Waals surface area contributed by atoms with Crippen LogP contribution in [0, 0.1) is 0 Å². The summed E-state index contributed by atoms with van der Waals surface area (Å²) in [4.78, 5) is 19.7. The quantitative estimate of drug-likeness (QED) is 0.167. The van der Waals surface area contributed by atoms with E-state index in [0.29, 0.717) is 0 Å². The van der Waals surface area contributed by atoms with Gasteiger partial charge in [0.25, 0.3) is 13.4 Å². The topological polar surface area (TPSA) is 38.7 Å². The molecule has 0 bridgehead atoms. The number of rotatable bonds is 4. The van der Waals surface area contributed by atoms with Crippen molar-refractivity contribution in [3.05, 3.63) is 207 Å². The second-order valence-electron chi connectivity index (χ2n) is 15.8. The van der Waals surface area contributed by atoms with Crippen LogP contribution in [-0.2, 0) is 0 Å². The van der Waals surface area contributed by atoms with Crippen LogP contribution in [0.3, 0.4) is 0 Å². The number of benzene rings is 7. The summed E-state index contributed by atoms with van der Waals surface area (Å²) in [6.07, 6.45) is 5.96. The van der Waals surface area contributed by atoms with E-state index in [-0.39, 0.29) is 13.4 Å². The Morgan fingerprint density at radius 2 is 0.767 bits per heavy atom. The predicted molar refractivity (Wildman–Crippen MR) is 250 cm³/mol. The molecule has 9 aromatic rings. The summed E-state index contributed by atoms with van der Waals surface area (Å²) in [5.74, 6) is 0.937. The van der Waals surface area contributed by atoms with Crippen molar-refractivity contribution >= 4 is 115 Å². The molecule has 0 spiro atoms. The summed E-state index contributed by atoms with van der Waals surface area (Å²) >= 11 is 0. The lowest BCUT2D eigenvalue weighted by atomic mass is 9.30. The molecule has 0 radical (unpaired) electrons. The van der Waals surface area contributed by atoms with Crippen molar-refractivity contribution < 1.29 is 0 Å². The Kier molecular flexibility index (Phi) is 7.10. The molecule has 0 amide bonds. The molecule has 0 fully saturated rings. The Hall–Kier alpha value is -7.83. The molecular weight excluding hydrogens is 730 g/mol. The molecule has 6 heterocycles. The molecule has 0 saturated heterocycles. The van der Waals surface area contributed by atoms with Gasteiger partial charge in [0.05, 0.1) is 0 Å². The molecule has 0 atom stereocenters. The SMILES string of the molecule is c1ccc(N2c3ccccc3B3c4cc5c(cc4N(c4ccccc4)c4cccc2c43)N(c2ccccc2)c2ccnc3c2B5c2cnccc2N3c2ccccc2)cc1. The number of nitrogens with zero attached hydrogens (tertiary/aromatic N) is 6. The number of fused-ring (bicyclic) bond motifs is 8. The van der Waals surface area contributed by atoms with E-state index >= 15 is 0 Å². The van der Waals surface area contributed by atoms with E-state index in [1.165, 1.54) is 50.1 Å². The van der Waals surface area contributed by atoms with E-state index in [1.54, 1.807) is 0 Å². The monoisotopic (exact) mass is 764 g/mol. The molecule has 0 unspecified atom stereocenters. The van der Waals surface area contributed by atoms with Crippen molar-refractivity contribution in [2.45, 2.75) is 0 Å². The molecular formula is C52H34B2N6. The van der Waals surface area contributed by atoms with Crippen LogP contribution in [0.4, 0.5) is 68.4 Å². The highest BCUT2D eigenvalue weighted by atomic mass is 15.2. The number of aromatic nitrogens is 2. The van der Waals surface area contributed by atoms with Gasteiger partial charge in [-0.15, -0.1) is 0 Å². The first-order chi connectivity index (χ1) is 29.8. The summed E-state index contributed by atoms with van der Waals surface area (Å²) in [6.45, 7) is -0.139. The zero-order valence-corrected chi connectivity index (χ0v) is 32.5. The molecule has 6 nitrogen and oxygen atoms in total. The van der Waals surface area contributed by atoms with Crippen LogP contribution in [0.2, 0.25) is 0 Å². The normalized spacial score (nSPS) is 13.8. The summed E-state index contributed by atoms with van der Waals surface area (Å²) in [7, 11) is 0. The van der Waals surface area contributed by atoms with Gasteiger partial charge in [-0.1, -0.05) is 103 Å². The Morgan fingerprint density at radius 1 is 0.317 bits per heavy atom. The number of anilines is 12. The Labute approximate surface area is 349 Å². The van der Waals surface area contributed by atoms with Gasteiger partial charge in [0.2, 0.25) is 0 Å². The minimum absolute atomic E-state index is 0.0228. The average Bonchev–Trinajstić information content (AvgIpc) is 3.32. The van der Waals surface area contributed by atoms with E-state index in [2.05, 4.69) is 214 Å². The first-order valence-electron chi connectivity index (χ1n) is 20.6. The molecule has 60 heavy (non-hydrogen) atoms. The zero-order chi connectivity index (χ0) is 39.3.